The third-order valence-corrected chi connectivity index (χ3v) is 3.28. The molecule has 0 unspecified atom stereocenters. The third-order valence-electron chi connectivity index (χ3n) is 3.28. The Bertz CT molecular complexity index is 515. The van der Waals surface area contributed by atoms with Crippen molar-refractivity contribution >= 4 is 0 Å². The maximum Gasteiger partial charge on any atom is 0.285 e. The van der Waals surface area contributed by atoms with Crippen LogP contribution in [0.15, 0.2) is 28.8 Å². The lowest BCUT2D eigenvalue weighted by Gasteiger charge is -1.99. The van der Waals surface area contributed by atoms with Crippen LogP contribution < -0.4 is 10.1 Å². The van der Waals surface area contributed by atoms with Gasteiger partial charge in [-0.15, -0.1) is 0 Å². The number of ether oxygens (including phenoxy) is 1. The maximum atomic E-state index is 5.34. The SMILES string of the molecule is COc1ccc(-c2noc([C@H]3CCC[NH2+]3)n2)cc1. The average molecular weight is 246 g/mol. The monoisotopic (exact) mass is 246 g/mol. The van der Waals surface area contributed by atoms with E-state index in [9.17, 15) is 0 Å². The van der Waals surface area contributed by atoms with Gasteiger partial charge in [0, 0.05) is 18.4 Å². The molecule has 1 atom stereocenters. The van der Waals surface area contributed by atoms with Crippen LogP contribution in [0.5, 0.6) is 5.75 Å². The minimum Gasteiger partial charge on any atom is -0.497 e. The molecule has 1 saturated heterocycles. The molecule has 1 aliphatic rings. The van der Waals surface area contributed by atoms with Gasteiger partial charge in [-0.3, -0.25) is 0 Å². The molecule has 5 nitrogen and oxygen atoms in total. The zero-order chi connectivity index (χ0) is 12.4. The highest BCUT2D eigenvalue weighted by atomic mass is 16.5. The normalized spacial score (nSPS) is 19.1. The molecule has 94 valence electrons. The van der Waals surface area contributed by atoms with E-state index in [1.807, 2.05) is 24.3 Å². The highest BCUT2D eigenvalue weighted by molar-refractivity contribution is 5.55. The first-order chi connectivity index (χ1) is 8.86. The topological polar surface area (TPSA) is 64.8 Å². The van der Waals surface area contributed by atoms with E-state index in [0.29, 0.717) is 11.9 Å². The van der Waals surface area contributed by atoms with E-state index in [0.717, 1.165) is 30.2 Å². The standard InChI is InChI=1S/C13H15N3O2/c1-17-10-6-4-9(5-7-10)12-15-13(18-16-12)11-3-2-8-14-11/h4-7,11,14H,2-3,8H2,1H3/p+1/t11-/m1/s1. The van der Waals surface area contributed by atoms with Crippen LogP contribution in [-0.4, -0.2) is 23.8 Å². The summed E-state index contributed by atoms with van der Waals surface area (Å²) in [6.07, 6.45) is 2.33. The molecule has 0 saturated carbocycles. The van der Waals surface area contributed by atoms with Crippen LogP contribution in [0.4, 0.5) is 0 Å². The molecule has 1 aromatic heterocycles. The largest absolute Gasteiger partial charge is 0.497 e. The fraction of sp³-hybridized carbons (Fsp3) is 0.385. The lowest BCUT2D eigenvalue weighted by atomic mass is 10.2. The Kier molecular flexibility index (Phi) is 2.98. The summed E-state index contributed by atoms with van der Waals surface area (Å²) >= 11 is 0. The molecule has 1 fully saturated rings. The van der Waals surface area contributed by atoms with Crippen LogP contribution >= 0.6 is 0 Å². The molecule has 0 aliphatic carbocycles. The summed E-state index contributed by atoms with van der Waals surface area (Å²) in [6, 6.07) is 8.00. The summed E-state index contributed by atoms with van der Waals surface area (Å²) in [5.74, 6) is 2.21. The molecule has 2 aromatic rings. The number of rotatable bonds is 3. The summed E-state index contributed by atoms with van der Waals surface area (Å²) in [6.45, 7) is 1.14. The van der Waals surface area contributed by atoms with Crippen molar-refractivity contribution in [3.05, 3.63) is 30.2 Å². The number of nitrogens with two attached hydrogens (primary N) is 1. The molecule has 0 amide bonds. The Labute approximate surface area is 105 Å². The van der Waals surface area contributed by atoms with E-state index >= 15 is 0 Å². The Morgan fingerprint density at radius 2 is 2.17 bits per heavy atom. The fourth-order valence-electron chi connectivity index (χ4n) is 2.24. The van der Waals surface area contributed by atoms with E-state index < -0.39 is 0 Å². The van der Waals surface area contributed by atoms with E-state index in [1.54, 1.807) is 7.11 Å². The minimum atomic E-state index is 0.337. The van der Waals surface area contributed by atoms with E-state index in [1.165, 1.54) is 6.42 Å². The number of hydrogen-bond acceptors (Lipinski definition) is 4. The number of methoxy groups -OCH3 is 1. The first kappa shape index (κ1) is 11.2. The molecular weight excluding hydrogens is 230 g/mol. The fourth-order valence-corrected chi connectivity index (χ4v) is 2.24. The Hall–Kier alpha value is -1.88. The number of quaternary nitrogens is 1. The molecule has 2 heterocycles. The van der Waals surface area contributed by atoms with Crippen LogP contribution in [0.3, 0.4) is 0 Å². The predicted octanol–water partition coefficient (Wildman–Crippen LogP) is 1.14. The Morgan fingerprint density at radius 1 is 1.33 bits per heavy atom. The van der Waals surface area contributed by atoms with Gasteiger partial charge in [0.2, 0.25) is 5.82 Å². The summed E-state index contributed by atoms with van der Waals surface area (Å²) in [7, 11) is 1.65. The number of aromatic nitrogens is 2. The Morgan fingerprint density at radius 3 is 2.83 bits per heavy atom. The first-order valence-electron chi connectivity index (χ1n) is 6.18. The molecule has 3 rings (SSSR count). The van der Waals surface area contributed by atoms with Crippen molar-refractivity contribution in [3.8, 4) is 17.1 Å². The van der Waals surface area contributed by atoms with Crippen LogP contribution in [0, 0.1) is 0 Å². The smallest absolute Gasteiger partial charge is 0.285 e. The summed E-state index contributed by atoms with van der Waals surface area (Å²) in [5.41, 5.74) is 0.948. The number of nitrogens with zero attached hydrogens (tertiary/aromatic N) is 2. The van der Waals surface area contributed by atoms with Crippen LogP contribution in [-0.2, 0) is 0 Å². The van der Waals surface area contributed by atoms with Crippen LogP contribution in [0.1, 0.15) is 24.8 Å². The minimum absolute atomic E-state index is 0.337. The molecular formula is C13H16N3O2+. The summed E-state index contributed by atoms with van der Waals surface area (Å²) in [4.78, 5) is 4.47. The van der Waals surface area contributed by atoms with Crippen molar-refractivity contribution in [2.45, 2.75) is 18.9 Å². The second-order valence-electron chi connectivity index (χ2n) is 4.46. The van der Waals surface area contributed by atoms with Gasteiger partial charge < -0.3 is 14.6 Å². The van der Waals surface area contributed by atoms with Crippen molar-refractivity contribution in [2.75, 3.05) is 13.7 Å². The van der Waals surface area contributed by atoms with Crippen molar-refractivity contribution in [1.82, 2.24) is 10.1 Å². The van der Waals surface area contributed by atoms with Gasteiger partial charge in [-0.25, -0.2) is 0 Å². The lowest BCUT2D eigenvalue weighted by molar-refractivity contribution is -0.678. The molecule has 2 N–H and O–H groups in total. The number of benzene rings is 1. The van der Waals surface area contributed by atoms with Crippen molar-refractivity contribution in [2.24, 2.45) is 0 Å². The van der Waals surface area contributed by atoms with Crippen LogP contribution in [0.25, 0.3) is 11.4 Å². The zero-order valence-electron chi connectivity index (χ0n) is 10.3. The molecule has 0 spiro atoms. The van der Waals surface area contributed by atoms with Gasteiger partial charge in [0.1, 0.15) is 5.75 Å². The highest BCUT2D eigenvalue weighted by Crippen LogP contribution is 2.22. The van der Waals surface area contributed by atoms with E-state index in [4.69, 9.17) is 9.26 Å². The van der Waals surface area contributed by atoms with Gasteiger partial charge in [0.05, 0.1) is 13.7 Å². The summed E-state index contributed by atoms with van der Waals surface area (Å²) < 4.78 is 10.5. The van der Waals surface area contributed by atoms with Gasteiger partial charge in [-0.1, -0.05) is 5.16 Å². The summed E-state index contributed by atoms with van der Waals surface area (Å²) in [5, 5.41) is 6.29. The third kappa shape index (κ3) is 2.09. The Balaban J connectivity index is 1.82. The zero-order valence-corrected chi connectivity index (χ0v) is 10.3. The molecule has 18 heavy (non-hydrogen) atoms. The van der Waals surface area contributed by atoms with Crippen molar-refractivity contribution < 1.29 is 14.6 Å². The first-order valence-corrected chi connectivity index (χ1v) is 6.18. The highest BCUT2D eigenvalue weighted by Gasteiger charge is 2.26. The maximum absolute atomic E-state index is 5.34. The number of hydrogen-bond donors (Lipinski definition) is 1. The van der Waals surface area contributed by atoms with Crippen LogP contribution in [0.2, 0.25) is 0 Å². The molecule has 5 heteroatoms. The molecule has 0 radical (unpaired) electrons. The van der Waals surface area contributed by atoms with Gasteiger partial charge in [-0.05, 0) is 24.3 Å². The lowest BCUT2D eigenvalue weighted by Crippen LogP contribution is -2.81. The molecule has 0 bridgehead atoms. The van der Waals surface area contributed by atoms with Gasteiger partial charge in [0.15, 0.2) is 6.04 Å². The van der Waals surface area contributed by atoms with Crippen molar-refractivity contribution in [3.63, 3.8) is 0 Å². The molecule has 1 aromatic carbocycles. The van der Waals surface area contributed by atoms with E-state index in [-0.39, 0.29) is 0 Å². The second kappa shape index (κ2) is 4.78. The van der Waals surface area contributed by atoms with Crippen molar-refractivity contribution in [1.29, 1.82) is 0 Å². The second-order valence-corrected chi connectivity index (χ2v) is 4.46. The van der Waals surface area contributed by atoms with Gasteiger partial charge in [0.25, 0.3) is 5.89 Å². The van der Waals surface area contributed by atoms with Gasteiger partial charge >= 0.3 is 0 Å². The molecule has 1 aliphatic heterocycles. The predicted molar refractivity (Wildman–Crippen MR) is 65.1 cm³/mol. The van der Waals surface area contributed by atoms with Gasteiger partial charge in [-0.2, -0.15) is 4.98 Å². The average Bonchev–Trinajstić information content (AvgIpc) is 3.09. The van der Waals surface area contributed by atoms with E-state index in [2.05, 4.69) is 15.5 Å². The quantitative estimate of drug-likeness (QED) is 0.882.